The van der Waals surface area contributed by atoms with Crippen LogP contribution in [0, 0.1) is 0 Å². The highest BCUT2D eigenvalue weighted by atomic mass is 16.4. The predicted octanol–water partition coefficient (Wildman–Crippen LogP) is 1.41. The average molecular weight is 218 g/mol. The van der Waals surface area contributed by atoms with Crippen LogP contribution in [0.2, 0.25) is 0 Å². The summed E-state index contributed by atoms with van der Waals surface area (Å²) in [5.74, 6) is -0.837. The number of phenols is 1. The number of phenolic OH excluding ortho intramolecular Hbond substituents is 1. The van der Waals surface area contributed by atoms with Gasteiger partial charge in [-0.05, 0) is 12.1 Å². The van der Waals surface area contributed by atoms with Gasteiger partial charge in [0, 0.05) is 11.1 Å². The lowest BCUT2D eigenvalue weighted by Gasteiger charge is -2.03. The number of carbonyl (C=O) groups is 1. The van der Waals surface area contributed by atoms with Crippen LogP contribution in [0.4, 0.5) is 0 Å². The number of hydrogen-bond donors (Lipinski definition) is 3. The summed E-state index contributed by atoms with van der Waals surface area (Å²) in [4.78, 5) is 10.6. The Hall–Kier alpha value is -2.30. The van der Waals surface area contributed by atoms with Crippen LogP contribution >= 0.6 is 0 Å². The summed E-state index contributed by atoms with van der Waals surface area (Å²) in [6.07, 6.45) is 1.33. The number of benzene rings is 1. The van der Waals surface area contributed by atoms with Crippen LogP contribution in [0.1, 0.15) is 5.56 Å². The van der Waals surface area contributed by atoms with Gasteiger partial charge in [-0.3, -0.25) is 9.89 Å². The van der Waals surface area contributed by atoms with Crippen molar-refractivity contribution in [3.05, 3.63) is 36.0 Å². The maximum Gasteiger partial charge on any atom is 0.307 e. The zero-order valence-electron chi connectivity index (χ0n) is 8.34. The van der Waals surface area contributed by atoms with Gasteiger partial charge < -0.3 is 10.2 Å². The van der Waals surface area contributed by atoms with Crippen LogP contribution in [-0.2, 0) is 11.2 Å². The first-order valence-electron chi connectivity index (χ1n) is 4.71. The molecule has 3 N–H and O–H groups in total. The van der Waals surface area contributed by atoms with Crippen molar-refractivity contribution in [2.75, 3.05) is 0 Å². The predicted molar refractivity (Wildman–Crippen MR) is 57.0 cm³/mol. The lowest BCUT2D eigenvalue weighted by molar-refractivity contribution is -0.136. The molecule has 0 unspecified atom stereocenters. The highest BCUT2D eigenvalue weighted by Gasteiger charge is 2.13. The number of aliphatic carboxylic acids is 1. The molecule has 0 saturated carbocycles. The Balaban J connectivity index is 2.45. The van der Waals surface area contributed by atoms with E-state index in [9.17, 15) is 9.90 Å². The van der Waals surface area contributed by atoms with Gasteiger partial charge in [-0.25, -0.2) is 0 Å². The highest BCUT2D eigenvalue weighted by molar-refractivity contribution is 5.76. The van der Waals surface area contributed by atoms with E-state index in [2.05, 4.69) is 10.2 Å². The molecule has 0 spiro atoms. The number of nitrogens with one attached hydrogen (secondary N) is 1. The number of aromatic nitrogens is 2. The summed E-state index contributed by atoms with van der Waals surface area (Å²) in [5.41, 5.74) is 1.64. The first-order chi connectivity index (χ1) is 7.68. The van der Waals surface area contributed by atoms with E-state index in [-0.39, 0.29) is 12.2 Å². The van der Waals surface area contributed by atoms with Gasteiger partial charge in [-0.15, -0.1) is 0 Å². The Bertz CT molecular complexity index is 519. The lowest BCUT2D eigenvalue weighted by atomic mass is 10.1. The molecule has 0 aliphatic rings. The molecule has 82 valence electrons. The summed E-state index contributed by atoms with van der Waals surface area (Å²) in [6, 6.07) is 6.71. The summed E-state index contributed by atoms with van der Waals surface area (Å²) in [7, 11) is 0. The van der Waals surface area contributed by atoms with E-state index in [0.29, 0.717) is 16.8 Å². The van der Waals surface area contributed by atoms with Crippen molar-refractivity contribution in [1.82, 2.24) is 10.2 Å². The van der Waals surface area contributed by atoms with Crippen molar-refractivity contribution in [2.45, 2.75) is 6.42 Å². The van der Waals surface area contributed by atoms with Gasteiger partial charge in [-0.1, -0.05) is 12.1 Å². The molecule has 0 saturated heterocycles. The van der Waals surface area contributed by atoms with E-state index in [1.54, 1.807) is 24.3 Å². The fraction of sp³-hybridized carbons (Fsp3) is 0.0909. The summed E-state index contributed by atoms with van der Waals surface area (Å²) in [5, 5.41) is 24.9. The van der Waals surface area contributed by atoms with E-state index in [1.165, 1.54) is 6.20 Å². The Morgan fingerprint density at radius 1 is 1.38 bits per heavy atom. The van der Waals surface area contributed by atoms with Crippen molar-refractivity contribution in [2.24, 2.45) is 0 Å². The molecule has 1 aromatic carbocycles. The second-order valence-corrected chi connectivity index (χ2v) is 3.36. The number of carboxylic acids is 1. The number of H-pyrrole nitrogens is 1. The van der Waals surface area contributed by atoms with Crippen LogP contribution in [0.15, 0.2) is 30.5 Å². The number of aromatic hydroxyl groups is 1. The molecular formula is C11H10N2O3. The monoisotopic (exact) mass is 218 g/mol. The van der Waals surface area contributed by atoms with Crippen molar-refractivity contribution in [3.63, 3.8) is 0 Å². The van der Waals surface area contributed by atoms with Crippen molar-refractivity contribution in [3.8, 4) is 17.0 Å². The number of para-hydroxylation sites is 1. The summed E-state index contributed by atoms with van der Waals surface area (Å²) in [6.45, 7) is 0. The maximum absolute atomic E-state index is 10.6. The van der Waals surface area contributed by atoms with Crippen molar-refractivity contribution in [1.29, 1.82) is 0 Å². The molecular weight excluding hydrogens is 208 g/mol. The molecule has 2 rings (SSSR count). The summed E-state index contributed by atoms with van der Waals surface area (Å²) >= 11 is 0. The third-order valence-corrected chi connectivity index (χ3v) is 2.23. The number of aromatic amines is 1. The van der Waals surface area contributed by atoms with Crippen LogP contribution < -0.4 is 0 Å². The van der Waals surface area contributed by atoms with Gasteiger partial charge in [0.15, 0.2) is 0 Å². The number of hydrogen-bond acceptors (Lipinski definition) is 3. The molecule has 5 nitrogen and oxygen atoms in total. The van der Waals surface area contributed by atoms with Gasteiger partial charge in [-0.2, -0.15) is 5.10 Å². The molecule has 16 heavy (non-hydrogen) atoms. The Labute approximate surface area is 91.4 Å². The first kappa shape index (κ1) is 10.2. The second kappa shape index (κ2) is 4.06. The minimum absolute atomic E-state index is 0.0957. The number of nitrogens with zero attached hydrogens (tertiary/aromatic N) is 1. The van der Waals surface area contributed by atoms with Crippen LogP contribution in [0.3, 0.4) is 0 Å². The molecule has 1 aromatic heterocycles. The van der Waals surface area contributed by atoms with Crippen LogP contribution in [-0.4, -0.2) is 26.4 Å². The van der Waals surface area contributed by atoms with Gasteiger partial charge >= 0.3 is 5.97 Å². The van der Waals surface area contributed by atoms with Gasteiger partial charge in [0.2, 0.25) is 0 Å². The van der Waals surface area contributed by atoms with E-state index in [0.717, 1.165) is 0 Å². The molecule has 2 aromatic rings. The zero-order chi connectivity index (χ0) is 11.5. The van der Waals surface area contributed by atoms with Gasteiger partial charge in [0.05, 0.1) is 18.3 Å². The van der Waals surface area contributed by atoms with Crippen LogP contribution in [0.5, 0.6) is 5.75 Å². The van der Waals surface area contributed by atoms with Crippen molar-refractivity contribution >= 4 is 5.97 Å². The Kier molecular flexibility index (Phi) is 2.59. The van der Waals surface area contributed by atoms with Crippen LogP contribution in [0.25, 0.3) is 11.3 Å². The normalized spacial score (nSPS) is 10.2. The fourth-order valence-corrected chi connectivity index (χ4v) is 1.53. The standard InChI is InChI=1S/C11H10N2O3/c14-9-4-2-1-3-8(9)11-7(5-10(15)16)6-12-13-11/h1-4,6,14H,5H2,(H,12,13)(H,15,16). The van der Waals surface area contributed by atoms with Gasteiger partial charge in [0.1, 0.15) is 5.75 Å². The molecule has 1 heterocycles. The minimum Gasteiger partial charge on any atom is -0.507 e. The highest BCUT2D eigenvalue weighted by Crippen LogP contribution is 2.29. The molecule has 0 aliphatic heterocycles. The van der Waals surface area contributed by atoms with E-state index >= 15 is 0 Å². The van der Waals surface area contributed by atoms with Gasteiger partial charge in [0.25, 0.3) is 0 Å². The maximum atomic E-state index is 10.6. The van der Waals surface area contributed by atoms with E-state index in [4.69, 9.17) is 5.11 Å². The summed E-state index contributed by atoms with van der Waals surface area (Å²) < 4.78 is 0. The third kappa shape index (κ3) is 1.88. The minimum atomic E-state index is -0.932. The van der Waals surface area contributed by atoms with E-state index in [1.807, 2.05) is 0 Å². The SMILES string of the molecule is O=C(O)Cc1cn[nH]c1-c1ccccc1O. The molecule has 0 atom stereocenters. The molecule has 0 fully saturated rings. The molecule has 0 radical (unpaired) electrons. The second-order valence-electron chi connectivity index (χ2n) is 3.36. The average Bonchev–Trinajstić information content (AvgIpc) is 2.66. The number of carboxylic acid groups (broad SMARTS) is 1. The fourth-order valence-electron chi connectivity index (χ4n) is 1.53. The molecule has 0 amide bonds. The topological polar surface area (TPSA) is 86.2 Å². The Morgan fingerprint density at radius 2 is 2.12 bits per heavy atom. The Morgan fingerprint density at radius 3 is 2.81 bits per heavy atom. The van der Waals surface area contributed by atoms with Crippen molar-refractivity contribution < 1.29 is 15.0 Å². The molecule has 0 aliphatic carbocycles. The van der Waals surface area contributed by atoms with E-state index < -0.39 is 5.97 Å². The smallest absolute Gasteiger partial charge is 0.307 e. The lowest BCUT2D eigenvalue weighted by Crippen LogP contribution is -2.00. The third-order valence-electron chi connectivity index (χ3n) is 2.23. The number of rotatable bonds is 3. The zero-order valence-corrected chi connectivity index (χ0v) is 8.34. The molecule has 0 bridgehead atoms. The largest absolute Gasteiger partial charge is 0.507 e. The first-order valence-corrected chi connectivity index (χ1v) is 4.71. The molecule has 5 heteroatoms. The quantitative estimate of drug-likeness (QED) is 0.727.